The van der Waals surface area contributed by atoms with Crippen molar-refractivity contribution in [3.63, 3.8) is 0 Å². The summed E-state index contributed by atoms with van der Waals surface area (Å²) in [7, 11) is 0. The van der Waals surface area contributed by atoms with E-state index in [1.807, 2.05) is 6.07 Å². The molecule has 0 bridgehead atoms. The first-order chi connectivity index (χ1) is 10.6. The van der Waals surface area contributed by atoms with Crippen LogP contribution in [-0.2, 0) is 9.53 Å². The molecule has 110 valence electrons. The van der Waals surface area contributed by atoms with Crippen LogP contribution in [0.2, 0.25) is 0 Å². The zero-order valence-electron chi connectivity index (χ0n) is 11.4. The van der Waals surface area contributed by atoms with Gasteiger partial charge >= 0.3 is 11.7 Å². The monoisotopic (exact) mass is 297 g/mol. The van der Waals surface area contributed by atoms with E-state index in [9.17, 15) is 14.8 Å². The number of pyridine rings is 1. The minimum Gasteiger partial charge on any atom is -0.618 e. The number of nitrogens with one attached hydrogen (secondary N) is 1. The van der Waals surface area contributed by atoms with Gasteiger partial charge in [0.1, 0.15) is 0 Å². The second-order valence-electron chi connectivity index (χ2n) is 4.23. The number of carbonyl (C=O) groups excluding carboxylic acids is 2. The fourth-order valence-electron chi connectivity index (χ4n) is 1.62. The van der Waals surface area contributed by atoms with E-state index < -0.39 is 18.5 Å². The number of ether oxygens (including phenoxy) is 1. The molecule has 7 heteroatoms. The first kappa shape index (κ1) is 15.0. The number of carbonyl (C=O) groups is 2. The molecule has 2 rings (SSSR count). The Kier molecular flexibility index (Phi) is 4.67. The SMILES string of the molecule is N#Cc1ccc(NC(=O)COC(=O)c2cccc[n+]2[O-])cc1. The molecular weight excluding hydrogens is 286 g/mol. The van der Waals surface area contributed by atoms with Crippen LogP contribution in [0.15, 0.2) is 48.7 Å². The van der Waals surface area contributed by atoms with Crippen LogP contribution < -0.4 is 10.0 Å². The number of amides is 1. The van der Waals surface area contributed by atoms with Gasteiger partial charge in [0.05, 0.1) is 11.6 Å². The summed E-state index contributed by atoms with van der Waals surface area (Å²) < 4.78 is 5.13. The molecular formula is C15H11N3O4. The van der Waals surface area contributed by atoms with E-state index in [-0.39, 0.29) is 5.69 Å². The van der Waals surface area contributed by atoms with Gasteiger partial charge in [-0.1, -0.05) is 0 Å². The predicted molar refractivity (Wildman–Crippen MR) is 75.5 cm³/mol. The lowest BCUT2D eigenvalue weighted by Gasteiger charge is -2.06. The summed E-state index contributed by atoms with van der Waals surface area (Å²) >= 11 is 0. The molecule has 1 heterocycles. The molecule has 22 heavy (non-hydrogen) atoms. The van der Waals surface area contributed by atoms with E-state index in [0.29, 0.717) is 16.0 Å². The van der Waals surface area contributed by atoms with Gasteiger partial charge < -0.3 is 15.3 Å². The summed E-state index contributed by atoms with van der Waals surface area (Å²) in [6, 6.07) is 12.5. The zero-order chi connectivity index (χ0) is 15.9. The van der Waals surface area contributed by atoms with Gasteiger partial charge in [0.15, 0.2) is 12.8 Å². The van der Waals surface area contributed by atoms with E-state index in [2.05, 4.69) is 5.32 Å². The first-order valence-electron chi connectivity index (χ1n) is 6.25. The summed E-state index contributed by atoms with van der Waals surface area (Å²) in [5, 5.41) is 22.5. The molecule has 0 aliphatic rings. The summed E-state index contributed by atoms with van der Waals surface area (Å²) in [6.07, 6.45) is 1.16. The molecule has 1 N–H and O–H groups in total. The third kappa shape index (κ3) is 3.80. The average molecular weight is 297 g/mol. The Labute approximate surface area is 126 Å². The maximum absolute atomic E-state index is 11.6. The van der Waals surface area contributed by atoms with E-state index in [0.717, 1.165) is 6.20 Å². The Morgan fingerprint density at radius 2 is 1.95 bits per heavy atom. The van der Waals surface area contributed by atoms with Crippen LogP contribution in [-0.4, -0.2) is 18.5 Å². The molecule has 1 aromatic heterocycles. The number of nitriles is 1. The second-order valence-corrected chi connectivity index (χ2v) is 4.23. The Morgan fingerprint density at radius 1 is 1.23 bits per heavy atom. The number of aromatic nitrogens is 1. The minimum atomic E-state index is -0.884. The maximum Gasteiger partial charge on any atom is 0.405 e. The lowest BCUT2D eigenvalue weighted by Crippen LogP contribution is -2.35. The van der Waals surface area contributed by atoms with Crippen molar-refractivity contribution in [1.82, 2.24) is 0 Å². The van der Waals surface area contributed by atoms with Crippen molar-refractivity contribution in [2.75, 3.05) is 11.9 Å². The third-order valence-corrected chi connectivity index (χ3v) is 2.67. The fourth-order valence-corrected chi connectivity index (χ4v) is 1.62. The highest BCUT2D eigenvalue weighted by atomic mass is 16.5. The Bertz CT molecular complexity index is 735. The fraction of sp³-hybridized carbons (Fsp3) is 0.0667. The Hall–Kier alpha value is -3.40. The molecule has 0 fully saturated rings. The molecule has 0 aliphatic carbocycles. The van der Waals surface area contributed by atoms with Crippen molar-refractivity contribution in [3.05, 3.63) is 65.1 Å². The van der Waals surface area contributed by atoms with E-state index >= 15 is 0 Å². The number of esters is 1. The molecule has 0 spiro atoms. The number of hydrogen-bond acceptors (Lipinski definition) is 5. The van der Waals surface area contributed by atoms with Gasteiger partial charge in [0, 0.05) is 17.8 Å². The smallest absolute Gasteiger partial charge is 0.405 e. The van der Waals surface area contributed by atoms with Crippen LogP contribution in [0.4, 0.5) is 5.69 Å². The quantitative estimate of drug-likeness (QED) is 0.514. The summed E-state index contributed by atoms with van der Waals surface area (Å²) in [4.78, 5) is 23.3. The molecule has 0 saturated heterocycles. The Morgan fingerprint density at radius 3 is 2.59 bits per heavy atom. The average Bonchev–Trinajstić information content (AvgIpc) is 2.54. The third-order valence-electron chi connectivity index (χ3n) is 2.67. The van der Waals surface area contributed by atoms with Crippen molar-refractivity contribution < 1.29 is 19.1 Å². The van der Waals surface area contributed by atoms with Gasteiger partial charge in [-0.2, -0.15) is 9.99 Å². The summed E-state index contributed by atoms with van der Waals surface area (Å²) in [5.74, 6) is -1.43. The van der Waals surface area contributed by atoms with Crippen LogP contribution >= 0.6 is 0 Å². The molecule has 2 aromatic rings. The highest BCUT2D eigenvalue weighted by molar-refractivity contribution is 5.94. The molecule has 0 atom stereocenters. The van der Waals surface area contributed by atoms with E-state index in [4.69, 9.17) is 10.00 Å². The molecule has 0 aliphatic heterocycles. The molecule has 1 aromatic carbocycles. The molecule has 1 amide bonds. The molecule has 7 nitrogen and oxygen atoms in total. The lowest BCUT2D eigenvalue weighted by atomic mass is 10.2. The van der Waals surface area contributed by atoms with Gasteiger partial charge in [-0.25, -0.2) is 4.79 Å². The summed E-state index contributed by atoms with van der Waals surface area (Å²) in [5.41, 5.74) is 0.737. The maximum atomic E-state index is 11.6. The highest BCUT2D eigenvalue weighted by Crippen LogP contribution is 2.08. The highest BCUT2D eigenvalue weighted by Gasteiger charge is 2.18. The van der Waals surface area contributed by atoms with Gasteiger partial charge in [0.25, 0.3) is 5.91 Å². The number of anilines is 1. The Balaban J connectivity index is 1.89. The van der Waals surface area contributed by atoms with Crippen molar-refractivity contribution in [3.8, 4) is 6.07 Å². The standard InChI is InChI=1S/C15H11N3O4/c16-9-11-4-6-12(7-5-11)17-14(19)10-22-15(20)13-3-1-2-8-18(13)21/h1-8H,10H2,(H,17,19). The first-order valence-corrected chi connectivity index (χ1v) is 6.25. The second kappa shape index (κ2) is 6.85. The number of benzene rings is 1. The van der Waals surface area contributed by atoms with E-state index in [1.165, 1.54) is 18.2 Å². The van der Waals surface area contributed by atoms with Crippen LogP contribution in [0.3, 0.4) is 0 Å². The lowest BCUT2D eigenvalue weighted by molar-refractivity contribution is -0.608. The topological polar surface area (TPSA) is 106 Å². The zero-order valence-corrected chi connectivity index (χ0v) is 11.4. The predicted octanol–water partition coefficient (Wildman–Crippen LogP) is 0.987. The summed E-state index contributed by atoms with van der Waals surface area (Å²) in [6.45, 7) is -0.520. The van der Waals surface area contributed by atoms with E-state index in [1.54, 1.807) is 24.3 Å². The van der Waals surface area contributed by atoms with Gasteiger partial charge in [-0.05, 0) is 30.3 Å². The van der Waals surface area contributed by atoms with Gasteiger partial charge in [-0.15, -0.1) is 0 Å². The molecule has 0 unspecified atom stereocenters. The normalized spacial score (nSPS) is 9.59. The number of hydrogen-bond donors (Lipinski definition) is 1. The number of nitrogens with zero attached hydrogens (tertiary/aromatic N) is 2. The largest absolute Gasteiger partial charge is 0.618 e. The molecule has 0 saturated carbocycles. The van der Waals surface area contributed by atoms with Crippen LogP contribution in [0, 0.1) is 16.5 Å². The van der Waals surface area contributed by atoms with Crippen molar-refractivity contribution >= 4 is 17.6 Å². The van der Waals surface area contributed by atoms with Crippen LogP contribution in [0.1, 0.15) is 16.1 Å². The van der Waals surface area contributed by atoms with Gasteiger partial charge in [0.2, 0.25) is 0 Å². The minimum absolute atomic E-state index is 0.200. The molecule has 0 radical (unpaired) electrons. The van der Waals surface area contributed by atoms with Crippen molar-refractivity contribution in [1.29, 1.82) is 5.26 Å². The van der Waals surface area contributed by atoms with Gasteiger partial charge in [-0.3, -0.25) is 4.79 Å². The van der Waals surface area contributed by atoms with Crippen molar-refractivity contribution in [2.24, 2.45) is 0 Å². The van der Waals surface area contributed by atoms with Crippen molar-refractivity contribution in [2.45, 2.75) is 0 Å². The van der Waals surface area contributed by atoms with Crippen LogP contribution in [0.5, 0.6) is 0 Å². The van der Waals surface area contributed by atoms with Crippen LogP contribution in [0.25, 0.3) is 0 Å². The number of rotatable bonds is 4.